The second-order valence-electron chi connectivity index (χ2n) is 5.03. The second-order valence-corrected chi connectivity index (χ2v) is 7.05. The molecule has 0 unspecified atom stereocenters. The summed E-state index contributed by atoms with van der Waals surface area (Å²) in [6.45, 7) is 15.7. The molecule has 0 fully saturated rings. The Kier molecular flexibility index (Phi) is 9.05. The van der Waals surface area contributed by atoms with E-state index in [1.54, 1.807) is 0 Å². The highest BCUT2D eigenvalue weighted by Crippen LogP contribution is 2.23. The molecule has 0 saturated carbocycles. The van der Waals surface area contributed by atoms with Gasteiger partial charge in [-0.2, -0.15) is 0 Å². The summed E-state index contributed by atoms with van der Waals surface area (Å²) < 4.78 is 28.8. The second kappa shape index (κ2) is 9.04. The predicted octanol–water partition coefficient (Wildman–Crippen LogP) is 2.75. The zero-order valence-corrected chi connectivity index (χ0v) is 14.4. The van der Waals surface area contributed by atoms with E-state index in [1.807, 2.05) is 48.5 Å². The van der Waals surface area contributed by atoms with Gasteiger partial charge in [-0.05, 0) is 48.5 Å². The maximum absolute atomic E-state index is 6.07. The van der Waals surface area contributed by atoms with E-state index in [4.69, 9.17) is 22.4 Å². The Hall–Kier alpha value is 0.0169. The van der Waals surface area contributed by atoms with Crippen molar-refractivity contribution in [2.75, 3.05) is 26.4 Å². The maximum atomic E-state index is 6.07. The monoisotopic (exact) mass is 294 g/mol. The number of rotatable bonds is 11. The van der Waals surface area contributed by atoms with E-state index in [-0.39, 0.29) is 6.10 Å². The predicted molar refractivity (Wildman–Crippen MR) is 76.9 cm³/mol. The van der Waals surface area contributed by atoms with Gasteiger partial charge in [0.2, 0.25) is 0 Å². The van der Waals surface area contributed by atoms with Crippen LogP contribution in [-0.2, 0) is 22.4 Å². The molecule has 0 aromatic rings. The molecular weight excluding hydrogens is 264 g/mol. The van der Waals surface area contributed by atoms with E-state index < -0.39 is 14.6 Å². The Morgan fingerprint density at radius 3 is 1.84 bits per heavy atom. The van der Waals surface area contributed by atoms with Crippen molar-refractivity contribution in [3.05, 3.63) is 0 Å². The first-order chi connectivity index (χ1) is 8.81. The van der Waals surface area contributed by atoms with Crippen molar-refractivity contribution in [3.8, 4) is 0 Å². The summed E-state index contributed by atoms with van der Waals surface area (Å²) in [7, 11) is -3.12. The van der Waals surface area contributed by atoms with Gasteiger partial charge in [-0.1, -0.05) is 0 Å². The summed E-state index contributed by atoms with van der Waals surface area (Å²) in [4.78, 5) is 0. The SMILES string of the molecule is CCOCC(C)(C)O[Si](OCC)(OCC)OC(C)C. The molecule has 0 radical (unpaired) electrons. The molecule has 0 rings (SSSR count). The van der Waals surface area contributed by atoms with Crippen LogP contribution < -0.4 is 0 Å². The third-order valence-corrected chi connectivity index (χ3v) is 4.92. The van der Waals surface area contributed by atoms with Crippen LogP contribution in [0.15, 0.2) is 0 Å². The summed E-state index contributed by atoms with van der Waals surface area (Å²) in [6.07, 6.45) is -0.0207. The molecule has 0 atom stereocenters. The van der Waals surface area contributed by atoms with Gasteiger partial charge in [-0.15, -0.1) is 0 Å². The lowest BCUT2D eigenvalue weighted by atomic mass is 10.2. The lowest BCUT2D eigenvalue weighted by Gasteiger charge is -2.36. The van der Waals surface area contributed by atoms with Gasteiger partial charge in [0.05, 0.1) is 12.2 Å². The Balaban J connectivity index is 4.87. The number of hydrogen-bond acceptors (Lipinski definition) is 5. The van der Waals surface area contributed by atoms with Crippen LogP contribution in [0.4, 0.5) is 0 Å². The number of ether oxygens (including phenoxy) is 1. The molecule has 0 aromatic carbocycles. The van der Waals surface area contributed by atoms with Gasteiger partial charge in [-0.3, -0.25) is 0 Å². The molecule has 0 amide bonds. The van der Waals surface area contributed by atoms with Crippen molar-refractivity contribution >= 4 is 9.05 Å². The quantitative estimate of drug-likeness (QED) is 0.548. The highest BCUT2D eigenvalue weighted by atomic mass is 28.4. The average Bonchev–Trinajstić information content (AvgIpc) is 2.25. The minimum atomic E-state index is -3.12. The third-order valence-electron chi connectivity index (χ3n) is 2.08. The standard InChI is InChI=1S/C13H30O5Si/c1-8-14-11-13(6,7)18-19(15-9-2,16-10-3)17-12(4)5/h12H,8-11H2,1-7H3. The molecule has 0 aliphatic carbocycles. The van der Waals surface area contributed by atoms with Crippen molar-refractivity contribution in [1.82, 2.24) is 0 Å². The molecule has 0 aliphatic heterocycles. The van der Waals surface area contributed by atoms with Gasteiger partial charge >= 0.3 is 9.05 Å². The van der Waals surface area contributed by atoms with Crippen LogP contribution in [0.5, 0.6) is 0 Å². The molecule has 0 saturated heterocycles. The molecule has 0 N–H and O–H groups in total. The van der Waals surface area contributed by atoms with Crippen LogP contribution in [0.25, 0.3) is 0 Å². The molecule has 0 spiro atoms. The van der Waals surface area contributed by atoms with Crippen molar-refractivity contribution in [1.29, 1.82) is 0 Å². The molecule has 19 heavy (non-hydrogen) atoms. The molecule has 0 bridgehead atoms. The summed E-state index contributed by atoms with van der Waals surface area (Å²) >= 11 is 0. The van der Waals surface area contributed by atoms with E-state index >= 15 is 0 Å². The molecule has 0 aromatic heterocycles. The summed E-state index contributed by atoms with van der Waals surface area (Å²) in [5, 5.41) is 0. The fraction of sp³-hybridized carbons (Fsp3) is 1.00. The topological polar surface area (TPSA) is 46.2 Å². The minimum absolute atomic E-state index is 0.0207. The van der Waals surface area contributed by atoms with Gasteiger partial charge in [-0.25, -0.2) is 0 Å². The van der Waals surface area contributed by atoms with Gasteiger partial charge < -0.3 is 22.4 Å². The molecule has 0 aliphatic rings. The fourth-order valence-corrected chi connectivity index (χ4v) is 3.96. The molecule has 6 heteroatoms. The Morgan fingerprint density at radius 2 is 1.47 bits per heavy atom. The number of hydrogen-bond donors (Lipinski definition) is 0. The Morgan fingerprint density at radius 1 is 0.947 bits per heavy atom. The largest absolute Gasteiger partial charge is 0.680 e. The fourth-order valence-electron chi connectivity index (χ4n) is 1.55. The van der Waals surface area contributed by atoms with Gasteiger partial charge in [0, 0.05) is 25.9 Å². The highest BCUT2D eigenvalue weighted by Gasteiger charge is 2.50. The third kappa shape index (κ3) is 8.01. The maximum Gasteiger partial charge on any atom is 0.680 e. The van der Waals surface area contributed by atoms with Crippen molar-refractivity contribution in [3.63, 3.8) is 0 Å². The lowest BCUT2D eigenvalue weighted by molar-refractivity contribution is -0.111. The van der Waals surface area contributed by atoms with E-state index in [9.17, 15) is 0 Å². The van der Waals surface area contributed by atoms with Crippen molar-refractivity contribution in [2.24, 2.45) is 0 Å². The lowest BCUT2D eigenvalue weighted by Crippen LogP contribution is -2.56. The first-order valence-corrected chi connectivity index (χ1v) is 8.67. The zero-order chi connectivity index (χ0) is 14.9. The summed E-state index contributed by atoms with van der Waals surface area (Å²) in [5.41, 5.74) is -0.512. The van der Waals surface area contributed by atoms with Crippen LogP contribution in [0.3, 0.4) is 0 Å². The van der Waals surface area contributed by atoms with E-state index in [0.29, 0.717) is 26.4 Å². The molecule has 116 valence electrons. The zero-order valence-electron chi connectivity index (χ0n) is 13.4. The Labute approximate surface area is 119 Å². The van der Waals surface area contributed by atoms with E-state index in [2.05, 4.69) is 0 Å². The highest BCUT2D eigenvalue weighted by molar-refractivity contribution is 6.53. The normalized spacial score (nSPS) is 13.3. The van der Waals surface area contributed by atoms with Crippen LogP contribution >= 0.6 is 0 Å². The first kappa shape index (κ1) is 19.0. The van der Waals surface area contributed by atoms with Gasteiger partial charge in [0.25, 0.3) is 0 Å². The minimum Gasteiger partial charge on any atom is -0.379 e. The molecular formula is C13H30O5Si. The molecule has 5 nitrogen and oxygen atoms in total. The van der Waals surface area contributed by atoms with Crippen molar-refractivity contribution in [2.45, 2.75) is 60.2 Å². The van der Waals surface area contributed by atoms with Crippen LogP contribution in [0.1, 0.15) is 48.5 Å². The van der Waals surface area contributed by atoms with Crippen molar-refractivity contribution < 1.29 is 22.4 Å². The van der Waals surface area contributed by atoms with Crippen LogP contribution in [0, 0.1) is 0 Å². The van der Waals surface area contributed by atoms with Gasteiger partial charge in [0.15, 0.2) is 0 Å². The Bertz CT molecular complexity index is 227. The van der Waals surface area contributed by atoms with E-state index in [0.717, 1.165) is 0 Å². The average molecular weight is 294 g/mol. The summed E-state index contributed by atoms with van der Waals surface area (Å²) in [5.74, 6) is 0. The smallest absolute Gasteiger partial charge is 0.379 e. The summed E-state index contributed by atoms with van der Waals surface area (Å²) in [6, 6.07) is 0. The van der Waals surface area contributed by atoms with Crippen LogP contribution in [-0.4, -0.2) is 47.2 Å². The van der Waals surface area contributed by atoms with Crippen LogP contribution in [0.2, 0.25) is 0 Å². The van der Waals surface area contributed by atoms with E-state index in [1.165, 1.54) is 0 Å². The van der Waals surface area contributed by atoms with Gasteiger partial charge in [0.1, 0.15) is 0 Å². The first-order valence-electron chi connectivity index (χ1n) is 7.04. The molecule has 0 heterocycles.